The smallest absolute Gasteiger partial charge is 0.228 e. The van der Waals surface area contributed by atoms with Gasteiger partial charge >= 0.3 is 0 Å². The second kappa shape index (κ2) is 4.05. The van der Waals surface area contributed by atoms with Gasteiger partial charge in [-0.05, 0) is 37.5 Å². The van der Waals surface area contributed by atoms with Gasteiger partial charge in [0.1, 0.15) is 0 Å². The van der Waals surface area contributed by atoms with Crippen molar-refractivity contribution in [3.8, 4) is 0 Å². The van der Waals surface area contributed by atoms with Crippen LogP contribution in [0, 0.1) is 17.3 Å². The molecule has 92 valence electrons. The van der Waals surface area contributed by atoms with E-state index in [-0.39, 0.29) is 5.41 Å². The third kappa shape index (κ3) is 1.87. The molecule has 0 aliphatic heterocycles. The van der Waals surface area contributed by atoms with Crippen LogP contribution >= 0.6 is 0 Å². The normalized spacial score (nSPS) is 33.1. The molecule has 2 heteroatoms. The fourth-order valence-electron chi connectivity index (χ4n) is 3.46. The van der Waals surface area contributed by atoms with E-state index in [4.69, 9.17) is 0 Å². The minimum absolute atomic E-state index is 0.184. The third-order valence-corrected chi connectivity index (χ3v) is 4.98. The number of amides is 1. The van der Waals surface area contributed by atoms with Gasteiger partial charge in [0.25, 0.3) is 0 Å². The zero-order valence-electron chi connectivity index (χ0n) is 11.1. The molecule has 0 aromatic rings. The summed E-state index contributed by atoms with van der Waals surface area (Å²) < 4.78 is 0. The van der Waals surface area contributed by atoms with E-state index in [9.17, 15) is 4.79 Å². The van der Waals surface area contributed by atoms with Crippen LogP contribution in [0.1, 0.15) is 52.9 Å². The van der Waals surface area contributed by atoms with Gasteiger partial charge in [-0.3, -0.25) is 4.79 Å². The van der Waals surface area contributed by atoms with Crippen molar-refractivity contribution >= 4 is 5.91 Å². The van der Waals surface area contributed by atoms with Gasteiger partial charge in [-0.1, -0.05) is 27.2 Å². The number of carbonyl (C=O) groups excluding carboxylic acids is 1. The molecule has 0 aromatic heterocycles. The molecular formula is C14H25NO. The highest BCUT2D eigenvalue weighted by atomic mass is 16.2. The summed E-state index contributed by atoms with van der Waals surface area (Å²) in [6.07, 6.45) is 6.30. The minimum atomic E-state index is -0.184. The van der Waals surface area contributed by atoms with Gasteiger partial charge in [0.05, 0.1) is 0 Å². The molecule has 1 amide bonds. The van der Waals surface area contributed by atoms with Crippen LogP contribution in [-0.2, 0) is 4.79 Å². The van der Waals surface area contributed by atoms with E-state index in [2.05, 4.69) is 25.7 Å². The lowest BCUT2D eigenvalue weighted by Crippen LogP contribution is -2.46. The number of fused-ring (bicyclic) bond motifs is 2. The molecule has 2 bridgehead atoms. The molecule has 0 spiro atoms. The number of hydrogen-bond donors (Lipinski definition) is 0. The summed E-state index contributed by atoms with van der Waals surface area (Å²) in [4.78, 5) is 14.4. The third-order valence-electron chi connectivity index (χ3n) is 4.98. The highest BCUT2D eigenvalue weighted by Gasteiger charge is 2.44. The van der Waals surface area contributed by atoms with Gasteiger partial charge in [0.2, 0.25) is 5.91 Å². The van der Waals surface area contributed by atoms with E-state index in [1.165, 1.54) is 25.7 Å². The largest absolute Gasteiger partial charge is 0.342 e. The summed E-state index contributed by atoms with van der Waals surface area (Å²) in [5.74, 6) is 2.05. The standard InChI is InChI=1S/C14H25NO/c1-5-14(2,3)13(16)15(4)12-9-10-6-7-11(12)8-10/h10-12H,5-9H2,1-4H3. The first-order chi connectivity index (χ1) is 7.45. The molecule has 2 fully saturated rings. The van der Waals surface area contributed by atoms with Crippen molar-refractivity contribution in [2.45, 2.75) is 58.9 Å². The zero-order chi connectivity index (χ0) is 11.9. The molecule has 2 aliphatic carbocycles. The summed E-state index contributed by atoms with van der Waals surface area (Å²) in [5, 5.41) is 0. The molecule has 0 N–H and O–H groups in total. The highest BCUT2D eigenvalue weighted by Crippen LogP contribution is 2.46. The van der Waals surface area contributed by atoms with Crippen LogP contribution in [0.2, 0.25) is 0 Å². The molecule has 3 unspecified atom stereocenters. The Bertz CT molecular complexity index is 284. The summed E-state index contributed by atoms with van der Waals surface area (Å²) >= 11 is 0. The predicted octanol–water partition coefficient (Wildman–Crippen LogP) is 3.07. The summed E-state index contributed by atoms with van der Waals surface area (Å²) in [7, 11) is 2.02. The van der Waals surface area contributed by atoms with Crippen molar-refractivity contribution in [1.29, 1.82) is 0 Å². The van der Waals surface area contributed by atoms with Crippen LogP contribution in [0.3, 0.4) is 0 Å². The maximum atomic E-state index is 12.4. The maximum absolute atomic E-state index is 12.4. The Kier molecular flexibility index (Phi) is 3.02. The Morgan fingerprint density at radius 1 is 1.31 bits per heavy atom. The van der Waals surface area contributed by atoms with Crippen LogP contribution in [0.5, 0.6) is 0 Å². The van der Waals surface area contributed by atoms with E-state index < -0.39 is 0 Å². The van der Waals surface area contributed by atoms with Crippen LogP contribution in [-0.4, -0.2) is 23.9 Å². The molecule has 2 rings (SSSR count). The van der Waals surface area contributed by atoms with Crippen molar-refractivity contribution in [3.05, 3.63) is 0 Å². The summed E-state index contributed by atoms with van der Waals surface area (Å²) in [5.41, 5.74) is -0.184. The molecule has 2 aliphatic rings. The number of nitrogens with zero attached hydrogens (tertiary/aromatic N) is 1. The first-order valence-corrected chi connectivity index (χ1v) is 6.73. The lowest BCUT2D eigenvalue weighted by Gasteiger charge is -2.36. The summed E-state index contributed by atoms with van der Waals surface area (Å²) in [6, 6.07) is 0.539. The van der Waals surface area contributed by atoms with E-state index in [1.807, 2.05) is 7.05 Å². The van der Waals surface area contributed by atoms with Crippen molar-refractivity contribution in [2.24, 2.45) is 17.3 Å². The van der Waals surface area contributed by atoms with Gasteiger partial charge in [-0.2, -0.15) is 0 Å². The van der Waals surface area contributed by atoms with Crippen molar-refractivity contribution in [3.63, 3.8) is 0 Å². The molecular weight excluding hydrogens is 198 g/mol. The molecule has 0 aromatic carbocycles. The maximum Gasteiger partial charge on any atom is 0.228 e. The monoisotopic (exact) mass is 223 g/mol. The fraction of sp³-hybridized carbons (Fsp3) is 0.929. The first-order valence-electron chi connectivity index (χ1n) is 6.73. The summed E-state index contributed by atoms with van der Waals surface area (Å²) in [6.45, 7) is 6.24. The molecule has 0 radical (unpaired) electrons. The second-order valence-electron chi connectivity index (χ2n) is 6.40. The number of hydrogen-bond acceptors (Lipinski definition) is 1. The topological polar surface area (TPSA) is 20.3 Å². The minimum Gasteiger partial charge on any atom is -0.342 e. The van der Waals surface area contributed by atoms with E-state index in [0.717, 1.165) is 18.3 Å². The van der Waals surface area contributed by atoms with Gasteiger partial charge in [0.15, 0.2) is 0 Å². The fourth-order valence-corrected chi connectivity index (χ4v) is 3.46. The Morgan fingerprint density at radius 3 is 2.44 bits per heavy atom. The van der Waals surface area contributed by atoms with Crippen LogP contribution in [0.25, 0.3) is 0 Å². The SMILES string of the molecule is CCC(C)(C)C(=O)N(C)C1CC2CCC1C2. The van der Waals surface area contributed by atoms with Gasteiger partial charge in [0, 0.05) is 18.5 Å². The Balaban J connectivity index is 2.03. The molecule has 0 saturated heterocycles. The van der Waals surface area contributed by atoms with Crippen molar-refractivity contribution in [2.75, 3.05) is 7.05 Å². The Labute approximate surface area is 99.4 Å². The average Bonchev–Trinajstić information content (AvgIpc) is 2.88. The van der Waals surface area contributed by atoms with Crippen LogP contribution in [0.4, 0.5) is 0 Å². The highest BCUT2D eigenvalue weighted by molar-refractivity contribution is 5.82. The lowest BCUT2D eigenvalue weighted by atomic mass is 9.86. The second-order valence-corrected chi connectivity index (χ2v) is 6.40. The van der Waals surface area contributed by atoms with Gasteiger partial charge in [-0.15, -0.1) is 0 Å². The zero-order valence-corrected chi connectivity index (χ0v) is 11.1. The Hall–Kier alpha value is -0.530. The van der Waals surface area contributed by atoms with Gasteiger partial charge < -0.3 is 4.90 Å². The average molecular weight is 223 g/mol. The molecule has 2 saturated carbocycles. The van der Waals surface area contributed by atoms with E-state index >= 15 is 0 Å². The van der Waals surface area contributed by atoms with E-state index in [1.54, 1.807) is 0 Å². The lowest BCUT2D eigenvalue weighted by molar-refractivity contribution is -0.142. The van der Waals surface area contributed by atoms with E-state index in [0.29, 0.717) is 11.9 Å². The quantitative estimate of drug-likeness (QED) is 0.720. The van der Waals surface area contributed by atoms with Crippen molar-refractivity contribution in [1.82, 2.24) is 4.90 Å². The molecule has 0 heterocycles. The Morgan fingerprint density at radius 2 is 2.00 bits per heavy atom. The molecule has 3 atom stereocenters. The van der Waals surface area contributed by atoms with Crippen LogP contribution in [0.15, 0.2) is 0 Å². The molecule has 16 heavy (non-hydrogen) atoms. The van der Waals surface area contributed by atoms with Crippen molar-refractivity contribution < 1.29 is 4.79 Å². The first kappa shape index (κ1) is 11.9. The predicted molar refractivity (Wildman–Crippen MR) is 66.1 cm³/mol. The number of rotatable bonds is 3. The molecule has 2 nitrogen and oxygen atoms in total. The van der Waals surface area contributed by atoms with Gasteiger partial charge in [-0.25, -0.2) is 0 Å². The van der Waals surface area contributed by atoms with Crippen LogP contribution < -0.4 is 0 Å². The number of carbonyl (C=O) groups is 1.